The van der Waals surface area contributed by atoms with E-state index in [4.69, 9.17) is 0 Å². The van der Waals surface area contributed by atoms with Gasteiger partial charge < -0.3 is 10.2 Å². The Hall–Kier alpha value is -2.21. The first kappa shape index (κ1) is 18.6. The van der Waals surface area contributed by atoms with E-state index in [1.54, 1.807) is 25.1 Å². The summed E-state index contributed by atoms with van der Waals surface area (Å²) in [5.41, 5.74) is 1.48. The Labute approximate surface area is 154 Å². The molecule has 1 fully saturated rings. The lowest BCUT2D eigenvalue weighted by molar-refractivity contribution is 0.0951. The molecule has 1 aromatic carbocycles. The number of halogens is 1. The summed E-state index contributed by atoms with van der Waals surface area (Å²) >= 11 is 0. The smallest absolute Gasteiger partial charge is 0.254 e. The van der Waals surface area contributed by atoms with E-state index in [0.717, 1.165) is 13.0 Å². The molecule has 6 heteroatoms. The highest BCUT2D eigenvalue weighted by molar-refractivity contribution is 5.95. The second-order valence-electron chi connectivity index (χ2n) is 6.87. The zero-order valence-electron chi connectivity index (χ0n) is 15.4. The average molecular weight is 358 g/mol. The van der Waals surface area contributed by atoms with E-state index < -0.39 is 0 Å². The standard InChI is InChI=1S/C20H27FN4O/c1-16-17(15-23-25(16)19-10-5-4-9-18(19)21)20(26)22-11-8-14-24-12-6-2-3-7-13-24/h4-5,9-10,15H,2-3,6-8,11-14H2,1H3,(H,22,26). The predicted molar refractivity (Wildman–Crippen MR) is 100 cm³/mol. The van der Waals surface area contributed by atoms with Gasteiger partial charge in [0.05, 0.1) is 17.5 Å². The minimum absolute atomic E-state index is 0.152. The number of benzene rings is 1. The van der Waals surface area contributed by atoms with Crippen molar-refractivity contribution in [3.8, 4) is 5.69 Å². The van der Waals surface area contributed by atoms with E-state index in [9.17, 15) is 9.18 Å². The van der Waals surface area contributed by atoms with Crippen LogP contribution in [0.4, 0.5) is 4.39 Å². The number of nitrogens with zero attached hydrogens (tertiary/aromatic N) is 3. The fourth-order valence-electron chi connectivity index (χ4n) is 3.46. The van der Waals surface area contributed by atoms with Crippen LogP contribution < -0.4 is 5.32 Å². The first-order valence-corrected chi connectivity index (χ1v) is 9.47. The molecule has 0 aliphatic carbocycles. The first-order chi connectivity index (χ1) is 12.7. The minimum Gasteiger partial charge on any atom is -0.352 e. The van der Waals surface area contributed by atoms with Crippen LogP contribution in [0.2, 0.25) is 0 Å². The number of aromatic nitrogens is 2. The zero-order valence-corrected chi connectivity index (χ0v) is 15.4. The molecule has 1 saturated heterocycles. The molecule has 2 aromatic rings. The molecule has 2 heterocycles. The van der Waals surface area contributed by atoms with E-state index in [0.29, 0.717) is 23.5 Å². The van der Waals surface area contributed by atoms with Gasteiger partial charge in [-0.2, -0.15) is 5.10 Å². The number of hydrogen-bond acceptors (Lipinski definition) is 3. The van der Waals surface area contributed by atoms with Crippen molar-refractivity contribution in [2.45, 2.75) is 39.0 Å². The largest absolute Gasteiger partial charge is 0.352 e. The molecule has 1 N–H and O–H groups in total. The van der Waals surface area contributed by atoms with Crippen LogP contribution in [0, 0.1) is 12.7 Å². The van der Waals surface area contributed by atoms with Gasteiger partial charge >= 0.3 is 0 Å². The number of nitrogens with one attached hydrogen (secondary N) is 1. The van der Waals surface area contributed by atoms with E-state index in [1.165, 1.54) is 55.7 Å². The fourth-order valence-corrected chi connectivity index (χ4v) is 3.46. The van der Waals surface area contributed by atoms with Crippen LogP contribution in [0.1, 0.15) is 48.2 Å². The van der Waals surface area contributed by atoms with Crippen LogP contribution in [0.25, 0.3) is 5.69 Å². The number of carbonyl (C=O) groups excluding carboxylic acids is 1. The Morgan fingerprint density at radius 3 is 2.65 bits per heavy atom. The van der Waals surface area contributed by atoms with Crippen molar-refractivity contribution in [1.82, 2.24) is 20.0 Å². The SMILES string of the molecule is Cc1c(C(=O)NCCCN2CCCCCC2)cnn1-c1ccccc1F. The maximum Gasteiger partial charge on any atom is 0.254 e. The van der Waals surface area contributed by atoms with Gasteiger partial charge in [-0.25, -0.2) is 9.07 Å². The molecule has 1 amide bonds. The third-order valence-electron chi connectivity index (χ3n) is 4.97. The summed E-state index contributed by atoms with van der Waals surface area (Å²) in [4.78, 5) is 14.9. The monoisotopic (exact) mass is 358 g/mol. The third-order valence-corrected chi connectivity index (χ3v) is 4.97. The van der Waals surface area contributed by atoms with E-state index >= 15 is 0 Å². The van der Waals surface area contributed by atoms with Gasteiger partial charge in [0.2, 0.25) is 0 Å². The Kier molecular flexibility index (Phi) is 6.39. The van der Waals surface area contributed by atoms with Gasteiger partial charge in [0, 0.05) is 6.54 Å². The highest BCUT2D eigenvalue weighted by atomic mass is 19.1. The van der Waals surface area contributed by atoms with Gasteiger partial charge in [0.15, 0.2) is 0 Å². The molecule has 1 aromatic heterocycles. The summed E-state index contributed by atoms with van der Waals surface area (Å²) in [7, 11) is 0. The highest BCUT2D eigenvalue weighted by Gasteiger charge is 2.16. The Morgan fingerprint density at radius 2 is 1.92 bits per heavy atom. The van der Waals surface area contributed by atoms with E-state index in [2.05, 4.69) is 15.3 Å². The molecule has 1 aliphatic rings. The molecule has 0 spiro atoms. The maximum absolute atomic E-state index is 14.0. The summed E-state index contributed by atoms with van der Waals surface area (Å²) in [6, 6.07) is 6.43. The minimum atomic E-state index is -0.358. The summed E-state index contributed by atoms with van der Waals surface area (Å²) in [5, 5.41) is 7.15. The number of rotatable bonds is 6. The maximum atomic E-state index is 14.0. The number of carbonyl (C=O) groups is 1. The summed E-state index contributed by atoms with van der Waals surface area (Å²) in [6.07, 6.45) is 7.66. The average Bonchev–Trinajstić information content (AvgIpc) is 2.84. The Balaban J connectivity index is 1.53. The molecule has 0 saturated carbocycles. The summed E-state index contributed by atoms with van der Waals surface area (Å²) < 4.78 is 15.4. The van der Waals surface area contributed by atoms with Crippen molar-refractivity contribution in [3.63, 3.8) is 0 Å². The molecule has 1 aliphatic heterocycles. The normalized spacial score (nSPS) is 15.6. The molecular formula is C20H27FN4O. The lowest BCUT2D eigenvalue weighted by Crippen LogP contribution is -2.30. The number of para-hydroxylation sites is 1. The molecule has 3 rings (SSSR count). The van der Waals surface area contributed by atoms with Crippen molar-refractivity contribution < 1.29 is 9.18 Å². The quantitative estimate of drug-likeness (QED) is 0.806. The molecule has 0 bridgehead atoms. The van der Waals surface area contributed by atoms with Crippen LogP contribution in [-0.4, -0.2) is 46.8 Å². The first-order valence-electron chi connectivity index (χ1n) is 9.47. The number of hydrogen-bond donors (Lipinski definition) is 1. The molecule has 140 valence electrons. The molecule has 5 nitrogen and oxygen atoms in total. The van der Waals surface area contributed by atoms with Gasteiger partial charge in [0.25, 0.3) is 5.91 Å². The molecular weight excluding hydrogens is 331 g/mol. The summed E-state index contributed by atoms with van der Waals surface area (Å²) in [6.45, 7) is 5.78. The van der Waals surface area contributed by atoms with Gasteiger partial charge in [-0.3, -0.25) is 4.79 Å². The predicted octanol–water partition coefficient (Wildman–Crippen LogP) is 3.32. The van der Waals surface area contributed by atoms with Crippen molar-refractivity contribution >= 4 is 5.91 Å². The number of amides is 1. The molecule has 0 radical (unpaired) electrons. The van der Waals surface area contributed by atoms with Gasteiger partial charge in [-0.1, -0.05) is 25.0 Å². The van der Waals surface area contributed by atoms with Gasteiger partial charge in [0.1, 0.15) is 11.5 Å². The van der Waals surface area contributed by atoms with E-state index in [-0.39, 0.29) is 11.7 Å². The molecule has 26 heavy (non-hydrogen) atoms. The van der Waals surface area contributed by atoms with Crippen LogP contribution >= 0.6 is 0 Å². The fraction of sp³-hybridized carbons (Fsp3) is 0.500. The Morgan fingerprint density at radius 1 is 1.19 bits per heavy atom. The van der Waals surface area contributed by atoms with Crippen molar-refractivity contribution in [2.75, 3.05) is 26.2 Å². The van der Waals surface area contributed by atoms with Crippen LogP contribution in [0.15, 0.2) is 30.5 Å². The number of likely N-dealkylation sites (tertiary alicyclic amines) is 1. The lowest BCUT2D eigenvalue weighted by Gasteiger charge is -2.19. The zero-order chi connectivity index (χ0) is 18.4. The van der Waals surface area contributed by atoms with Crippen molar-refractivity contribution in [1.29, 1.82) is 0 Å². The summed E-state index contributed by atoms with van der Waals surface area (Å²) in [5.74, 6) is -0.510. The van der Waals surface area contributed by atoms with Crippen LogP contribution in [0.3, 0.4) is 0 Å². The third kappa shape index (κ3) is 4.49. The van der Waals surface area contributed by atoms with Crippen molar-refractivity contribution in [3.05, 3.63) is 47.5 Å². The van der Waals surface area contributed by atoms with Crippen molar-refractivity contribution in [2.24, 2.45) is 0 Å². The molecule has 0 unspecified atom stereocenters. The van der Waals surface area contributed by atoms with Crippen LogP contribution in [-0.2, 0) is 0 Å². The lowest BCUT2D eigenvalue weighted by atomic mass is 10.2. The van der Waals surface area contributed by atoms with Gasteiger partial charge in [-0.15, -0.1) is 0 Å². The van der Waals surface area contributed by atoms with Crippen LogP contribution in [0.5, 0.6) is 0 Å². The second kappa shape index (κ2) is 8.94. The second-order valence-corrected chi connectivity index (χ2v) is 6.87. The highest BCUT2D eigenvalue weighted by Crippen LogP contribution is 2.17. The van der Waals surface area contributed by atoms with E-state index in [1.807, 2.05) is 0 Å². The molecule has 0 atom stereocenters. The topological polar surface area (TPSA) is 50.2 Å². The Bertz CT molecular complexity index is 735. The van der Waals surface area contributed by atoms with Gasteiger partial charge in [-0.05, 0) is 58.0 Å².